The number of rotatable bonds is 7. The molecule has 4 nitrogen and oxygen atoms in total. The van der Waals surface area contributed by atoms with Crippen molar-refractivity contribution in [3.63, 3.8) is 0 Å². The number of nitrogens with one attached hydrogen (secondary N) is 1. The Balaban J connectivity index is 2.41. The summed E-state index contributed by atoms with van der Waals surface area (Å²) in [7, 11) is 0. The average Bonchev–Trinajstić information content (AvgIpc) is 2.50. The lowest BCUT2D eigenvalue weighted by atomic mass is 10.1. The fourth-order valence-electron chi connectivity index (χ4n) is 2.10. The number of nitrogens with zero attached hydrogens (tertiary/aromatic N) is 1. The van der Waals surface area contributed by atoms with E-state index in [1.807, 2.05) is 6.92 Å². The van der Waals surface area contributed by atoms with E-state index in [1.54, 1.807) is 4.90 Å². The van der Waals surface area contributed by atoms with Crippen molar-refractivity contribution in [1.29, 1.82) is 0 Å². The van der Waals surface area contributed by atoms with Crippen LogP contribution in [0.1, 0.15) is 27.2 Å². The average molecular weight is 264 g/mol. The molecule has 0 aliphatic carbocycles. The molecule has 1 heterocycles. The molecule has 1 N–H and O–H groups in total. The Morgan fingerprint density at radius 1 is 1.44 bits per heavy atom. The second kappa shape index (κ2) is 6.99. The van der Waals surface area contributed by atoms with Crippen LogP contribution < -0.4 is 5.32 Å². The maximum absolute atomic E-state index is 11.9. The van der Waals surface area contributed by atoms with E-state index in [-0.39, 0.29) is 24.7 Å². The lowest BCUT2D eigenvalue weighted by Crippen LogP contribution is -2.40. The van der Waals surface area contributed by atoms with Crippen LogP contribution in [0.2, 0.25) is 0 Å². The molecule has 2 atom stereocenters. The Morgan fingerprint density at radius 2 is 2.11 bits per heavy atom. The third-order valence-corrected chi connectivity index (χ3v) is 2.89. The summed E-state index contributed by atoms with van der Waals surface area (Å²) < 4.78 is 28.6. The van der Waals surface area contributed by atoms with Crippen LogP contribution in [0.5, 0.6) is 0 Å². The number of carbonyl (C=O) groups excluding carboxylic acids is 1. The largest absolute Gasteiger partial charge is 0.374 e. The highest BCUT2D eigenvalue weighted by molar-refractivity contribution is 5.83. The van der Waals surface area contributed by atoms with Crippen molar-refractivity contribution in [3.05, 3.63) is 0 Å². The van der Waals surface area contributed by atoms with Gasteiger partial charge in [-0.2, -0.15) is 0 Å². The summed E-state index contributed by atoms with van der Waals surface area (Å²) >= 11 is 0. The smallest absolute Gasteiger partial charge is 0.261 e. The van der Waals surface area contributed by atoms with Gasteiger partial charge < -0.3 is 9.64 Å². The number of amides is 1. The molecule has 1 saturated heterocycles. The van der Waals surface area contributed by atoms with Gasteiger partial charge in [0, 0.05) is 6.54 Å². The molecule has 106 valence electrons. The molecule has 1 amide bonds. The second-order valence-electron chi connectivity index (χ2n) is 5.03. The molecule has 1 fully saturated rings. The topological polar surface area (TPSA) is 41.6 Å². The highest BCUT2D eigenvalue weighted by atomic mass is 19.3. The Morgan fingerprint density at radius 3 is 2.67 bits per heavy atom. The molecule has 0 aromatic carbocycles. The van der Waals surface area contributed by atoms with Crippen LogP contribution in [0, 0.1) is 5.92 Å². The number of hydrogen-bond acceptors (Lipinski definition) is 3. The fraction of sp³-hybridized carbons (Fsp3) is 0.917. The maximum Gasteiger partial charge on any atom is 0.261 e. The van der Waals surface area contributed by atoms with E-state index in [1.165, 1.54) is 0 Å². The number of ether oxygens (including phenoxy) is 1. The molecule has 2 unspecified atom stereocenters. The predicted molar refractivity (Wildman–Crippen MR) is 64.4 cm³/mol. The van der Waals surface area contributed by atoms with Gasteiger partial charge in [0.2, 0.25) is 5.91 Å². The third kappa shape index (κ3) is 4.49. The van der Waals surface area contributed by atoms with Crippen molar-refractivity contribution in [2.24, 2.45) is 5.92 Å². The highest BCUT2D eigenvalue weighted by Gasteiger charge is 2.35. The summed E-state index contributed by atoms with van der Waals surface area (Å²) in [5.41, 5.74) is 0. The van der Waals surface area contributed by atoms with Crippen LogP contribution in [0.25, 0.3) is 0 Å². The molecule has 1 rings (SSSR count). The third-order valence-electron chi connectivity index (χ3n) is 2.89. The van der Waals surface area contributed by atoms with Crippen molar-refractivity contribution in [2.75, 3.05) is 19.8 Å². The minimum Gasteiger partial charge on any atom is -0.374 e. The molecule has 0 saturated carbocycles. The zero-order chi connectivity index (χ0) is 13.7. The zero-order valence-electron chi connectivity index (χ0n) is 11.2. The first-order valence-electron chi connectivity index (χ1n) is 6.34. The van der Waals surface area contributed by atoms with Gasteiger partial charge in [-0.15, -0.1) is 0 Å². The first-order chi connectivity index (χ1) is 8.41. The van der Waals surface area contributed by atoms with Crippen LogP contribution in [-0.4, -0.2) is 49.2 Å². The van der Waals surface area contributed by atoms with Gasteiger partial charge in [-0.3, -0.25) is 10.1 Å². The fourth-order valence-corrected chi connectivity index (χ4v) is 2.10. The van der Waals surface area contributed by atoms with Crippen molar-refractivity contribution < 1.29 is 18.3 Å². The van der Waals surface area contributed by atoms with Crippen molar-refractivity contribution in [1.82, 2.24) is 10.2 Å². The van der Waals surface area contributed by atoms with Crippen LogP contribution >= 0.6 is 0 Å². The highest BCUT2D eigenvalue weighted by Crippen LogP contribution is 2.17. The molecule has 18 heavy (non-hydrogen) atoms. The van der Waals surface area contributed by atoms with Gasteiger partial charge in [0.05, 0.1) is 18.8 Å². The molecular weight excluding hydrogens is 242 g/mol. The van der Waals surface area contributed by atoms with E-state index in [0.717, 1.165) is 6.42 Å². The van der Waals surface area contributed by atoms with E-state index in [2.05, 4.69) is 19.2 Å². The van der Waals surface area contributed by atoms with Gasteiger partial charge in [-0.25, -0.2) is 8.78 Å². The molecule has 0 spiro atoms. The number of carbonyl (C=O) groups is 1. The molecule has 1 aliphatic heterocycles. The zero-order valence-corrected chi connectivity index (χ0v) is 11.2. The minimum atomic E-state index is -2.46. The lowest BCUT2D eigenvalue weighted by Gasteiger charge is -2.25. The number of halogens is 2. The summed E-state index contributed by atoms with van der Waals surface area (Å²) in [5.74, 6) is 0.478. The van der Waals surface area contributed by atoms with E-state index >= 15 is 0 Å². The Kier molecular flexibility index (Phi) is 5.95. The molecule has 1 aliphatic rings. The molecule has 0 bridgehead atoms. The Labute approximate surface area is 107 Å². The standard InChI is InChI=1S/C12H22F2N2O2/c1-8(2)6-11-15-9(3)12(17)16(11)4-5-18-7-10(13)14/h8-11,15H,4-7H2,1-3H3. The number of alkyl halides is 2. The van der Waals surface area contributed by atoms with Crippen molar-refractivity contribution in [3.8, 4) is 0 Å². The molecule has 0 aromatic rings. The predicted octanol–water partition coefficient (Wildman–Crippen LogP) is 1.46. The summed E-state index contributed by atoms with van der Waals surface area (Å²) in [6.45, 7) is 5.93. The molecule has 0 aromatic heterocycles. The van der Waals surface area contributed by atoms with Crippen molar-refractivity contribution >= 4 is 5.91 Å². The van der Waals surface area contributed by atoms with Crippen LogP contribution in [-0.2, 0) is 9.53 Å². The van der Waals surface area contributed by atoms with Crippen molar-refractivity contribution in [2.45, 2.75) is 45.8 Å². The van der Waals surface area contributed by atoms with Gasteiger partial charge in [0.15, 0.2) is 0 Å². The van der Waals surface area contributed by atoms with Gasteiger partial charge in [-0.1, -0.05) is 13.8 Å². The minimum absolute atomic E-state index is 0.0114. The summed E-state index contributed by atoms with van der Waals surface area (Å²) in [6.07, 6.45) is -1.62. The van der Waals surface area contributed by atoms with Crippen LogP contribution in [0.15, 0.2) is 0 Å². The van der Waals surface area contributed by atoms with E-state index in [4.69, 9.17) is 4.74 Å². The summed E-state index contributed by atoms with van der Waals surface area (Å²) in [6, 6.07) is -0.205. The summed E-state index contributed by atoms with van der Waals surface area (Å²) in [5, 5.41) is 3.21. The first-order valence-corrected chi connectivity index (χ1v) is 6.34. The molecule has 6 heteroatoms. The number of hydrogen-bond donors (Lipinski definition) is 1. The first kappa shape index (κ1) is 15.3. The van der Waals surface area contributed by atoms with Crippen LogP contribution in [0.3, 0.4) is 0 Å². The second-order valence-corrected chi connectivity index (χ2v) is 5.03. The van der Waals surface area contributed by atoms with E-state index in [9.17, 15) is 13.6 Å². The Hall–Kier alpha value is -0.750. The SMILES string of the molecule is CC(C)CC1NC(C)C(=O)N1CCOCC(F)F. The molecular formula is C12H22F2N2O2. The normalized spacial score (nSPS) is 24.6. The monoisotopic (exact) mass is 264 g/mol. The van der Waals surface area contributed by atoms with Gasteiger partial charge >= 0.3 is 0 Å². The Bertz CT molecular complexity index is 275. The molecule has 0 radical (unpaired) electrons. The van der Waals surface area contributed by atoms with Gasteiger partial charge in [-0.05, 0) is 19.3 Å². The quantitative estimate of drug-likeness (QED) is 0.708. The maximum atomic E-state index is 11.9. The van der Waals surface area contributed by atoms with E-state index in [0.29, 0.717) is 12.5 Å². The van der Waals surface area contributed by atoms with Crippen LogP contribution in [0.4, 0.5) is 8.78 Å². The van der Waals surface area contributed by atoms with Gasteiger partial charge in [0.1, 0.15) is 6.61 Å². The van der Waals surface area contributed by atoms with E-state index < -0.39 is 13.0 Å². The van der Waals surface area contributed by atoms with Gasteiger partial charge in [0.25, 0.3) is 6.43 Å². The lowest BCUT2D eigenvalue weighted by molar-refractivity contribution is -0.130. The summed E-state index contributed by atoms with van der Waals surface area (Å²) in [4.78, 5) is 13.6.